The van der Waals surface area contributed by atoms with Crippen molar-refractivity contribution >= 4 is 29.2 Å². The van der Waals surface area contributed by atoms with Crippen LogP contribution in [-0.4, -0.2) is 32.5 Å². The van der Waals surface area contributed by atoms with Crippen molar-refractivity contribution in [2.45, 2.75) is 6.61 Å². The molecule has 148 valence electrons. The molecule has 11 nitrogen and oxygen atoms in total. The molecular formula is C18H16N6O5. The Bertz CT molecular complexity index is 1010. The van der Waals surface area contributed by atoms with Crippen LogP contribution in [0.5, 0.6) is 5.75 Å². The summed E-state index contributed by atoms with van der Waals surface area (Å²) in [6.45, 7) is -0.782. The van der Waals surface area contributed by atoms with E-state index in [9.17, 15) is 14.9 Å². The molecule has 0 aliphatic heterocycles. The predicted molar refractivity (Wildman–Crippen MR) is 102 cm³/mol. The number of nitrogen functional groups attached to an aromatic ring is 1. The van der Waals surface area contributed by atoms with Crippen molar-refractivity contribution in [2.24, 2.45) is 0 Å². The zero-order chi connectivity index (χ0) is 20.6. The van der Waals surface area contributed by atoms with Gasteiger partial charge in [0.25, 0.3) is 0 Å². The Hall–Kier alpha value is -4.28. The third kappa shape index (κ3) is 5.60. The van der Waals surface area contributed by atoms with Gasteiger partial charge in [0, 0.05) is 11.8 Å². The van der Waals surface area contributed by atoms with Crippen LogP contribution in [0.1, 0.15) is 5.82 Å². The maximum atomic E-state index is 11.9. The van der Waals surface area contributed by atoms with E-state index in [0.717, 1.165) is 5.69 Å². The van der Waals surface area contributed by atoms with Crippen molar-refractivity contribution in [1.82, 2.24) is 15.0 Å². The van der Waals surface area contributed by atoms with E-state index in [1.54, 1.807) is 6.07 Å². The molecule has 1 aromatic heterocycles. The Kier molecular flexibility index (Phi) is 6.10. The summed E-state index contributed by atoms with van der Waals surface area (Å²) in [6.07, 6.45) is 0. The van der Waals surface area contributed by atoms with Crippen molar-refractivity contribution < 1.29 is 19.2 Å². The maximum Gasteiger partial charge on any atom is 0.344 e. The molecule has 0 amide bonds. The quantitative estimate of drug-likeness (QED) is 0.329. The molecule has 3 rings (SSSR count). The summed E-state index contributed by atoms with van der Waals surface area (Å²) in [5, 5.41) is 13.9. The number of nitrogens with one attached hydrogen (secondary N) is 1. The number of hydrogen-bond donors (Lipinski definition) is 2. The molecule has 0 saturated carbocycles. The molecule has 11 heteroatoms. The first kappa shape index (κ1) is 19.5. The first-order valence-corrected chi connectivity index (χ1v) is 8.35. The van der Waals surface area contributed by atoms with Crippen LogP contribution in [0, 0.1) is 10.1 Å². The Morgan fingerprint density at radius 3 is 2.55 bits per heavy atom. The highest BCUT2D eigenvalue weighted by Crippen LogP contribution is 2.25. The van der Waals surface area contributed by atoms with Gasteiger partial charge in [0.2, 0.25) is 11.9 Å². The number of nitro groups is 1. The van der Waals surface area contributed by atoms with Crippen LogP contribution in [0.4, 0.5) is 23.3 Å². The number of ether oxygens (including phenoxy) is 2. The number of esters is 1. The molecule has 0 saturated heterocycles. The van der Waals surface area contributed by atoms with Gasteiger partial charge in [-0.3, -0.25) is 10.1 Å². The van der Waals surface area contributed by atoms with Gasteiger partial charge in [-0.05, 0) is 18.2 Å². The molecule has 0 fully saturated rings. The number of carbonyl (C=O) groups excluding carboxylic acids is 1. The van der Waals surface area contributed by atoms with Crippen LogP contribution in [0.3, 0.4) is 0 Å². The topological polar surface area (TPSA) is 155 Å². The van der Waals surface area contributed by atoms with Gasteiger partial charge < -0.3 is 20.5 Å². The fourth-order valence-electron chi connectivity index (χ4n) is 2.26. The number of nitro benzene ring substituents is 1. The lowest BCUT2D eigenvalue weighted by atomic mass is 10.3. The van der Waals surface area contributed by atoms with E-state index < -0.39 is 17.5 Å². The summed E-state index contributed by atoms with van der Waals surface area (Å²) >= 11 is 0. The minimum Gasteiger partial charge on any atom is -0.475 e. The van der Waals surface area contributed by atoms with Gasteiger partial charge >= 0.3 is 11.7 Å². The number of anilines is 3. The molecule has 0 unspecified atom stereocenters. The summed E-state index contributed by atoms with van der Waals surface area (Å²) in [6, 6.07) is 14.9. The average molecular weight is 396 g/mol. The number of carbonyl (C=O) groups is 1. The predicted octanol–water partition coefficient (Wildman–Crippen LogP) is 2.23. The lowest BCUT2D eigenvalue weighted by molar-refractivity contribution is -0.385. The Labute approximate surface area is 164 Å². The third-order valence-corrected chi connectivity index (χ3v) is 3.50. The number of aromatic nitrogens is 3. The Morgan fingerprint density at radius 1 is 1.07 bits per heavy atom. The van der Waals surface area contributed by atoms with E-state index in [4.69, 9.17) is 15.2 Å². The van der Waals surface area contributed by atoms with E-state index in [2.05, 4.69) is 20.3 Å². The third-order valence-electron chi connectivity index (χ3n) is 3.50. The molecule has 0 aliphatic rings. The zero-order valence-corrected chi connectivity index (χ0v) is 15.0. The molecule has 3 aromatic rings. The molecule has 0 radical (unpaired) electrons. The smallest absolute Gasteiger partial charge is 0.344 e. The highest BCUT2D eigenvalue weighted by atomic mass is 16.6. The van der Waals surface area contributed by atoms with Crippen molar-refractivity contribution in [3.05, 3.63) is 70.5 Å². The van der Waals surface area contributed by atoms with Crippen LogP contribution in [0.25, 0.3) is 0 Å². The molecule has 3 N–H and O–H groups in total. The van der Waals surface area contributed by atoms with Crippen molar-refractivity contribution in [2.75, 3.05) is 17.7 Å². The number of nitrogens with zero attached hydrogens (tertiary/aromatic N) is 4. The zero-order valence-electron chi connectivity index (χ0n) is 15.0. The number of hydrogen-bond acceptors (Lipinski definition) is 10. The fourth-order valence-corrected chi connectivity index (χ4v) is 2.26. The van der Waals surface area contributed by atoms with E-state index in [1.165, 1.54) is 18.2 Å². The second-order valence-corrected chi connectivity index (χ2v) is 5.60. The van der Waals surface area contributed by atoms with Crippen molar-refractivity contribution in [3.63, 3.8) is 0 Å². The number of rotatable bonds is 8. The fraction of sp³-hybridized carbons (Fsp3) is 0.111. The SMILES string of the molecule is Nc1nc(COC(=O)COc2ccccc2[N+](=O)[O-])nc(Nc2ccccc2)n1. The van der Waals surface area contributed by atoms with Crippen molar-refractivity contribution in [1.29, 1.82) is 0 Å². The molecule has 0 atom stereocenters. The van der Waals surface area contributed by atoms with Crippen LogP contribution >= 0.6 is 0 Å². The van der Waals surface area contributed by atoms with Crippen LogP contribution < -0.4 is 15.8 Å². The Morgan fingerprint density at radius 2 is 1.79 bits per heavy atom. The second kappa shape index (κ2) is 9.08. The largest absolute Gasteiger partial charge is 0.475 e. The molecule has 2 aromatic carbocycles. The van der Waals surface area contributed by atoms with Crippen LogP contribution in [-0.2, 0) is 16.1 Å². The summed E-state index contributed by atoms with van der Waals surface area (Å²) in [7, 11) is 0. The number of benzene rings is 2. The van der Waals surface area contributed by atoms with Gasteiger partial charge in [-0.1, -0.05) is 30.3 Å². The summed E-state index contributed by atoms with van der Waals surface area (Å²) in [5.41, 5.74) is 6.17. The van der Waals surface area contributed by atoms with Gasteiger partial charge in [0.1, 0.15) is 0 Å². The standard InChI is InChI=1S/C18H16N6O5/c19-17-21-15(22-18(23-17)20-12-6-2-1-3-7-12)10-29-16(25)11-28-14-9-5-4-8-13(14)24(26)27/h1-9H,10-11H2,(H3,19,20,21,22,23). The molecule has 29 heavy (non-hydrogen) atoms. The highest BCUT2D eigenvalue weighted by Gasteiger charge is 2.16. The monoisotopic (exact) mass is 396 g/mol. The maximum absolute atomic E-state index is 11.9. The molecule has 0 bridgehead atoms. The molecule has 0 aliphatic carbocycles. The Balaban J connectivity index is 1.57. The summed E-state index contributed by atoms with van der Waals surface area (Å²) in [5.74, 6) is -0.491. The van der Waals surface area contributed by atoms with E-state index in [0.29, 0.717) is 0 Å². The lowest BCUT2D eigenvalue weighted by Gasteiger charge is -2.09. The van der Waals surface area contributed by atoms with Gasteiger partial charge in [-0.15, -0.1) is 0 Å². The molecule has 0 spiro atoms. The van der Waals surface area contributed by atoms with Gasteiger partial charge in [0.15, 0.2) is 24.8 Å². The van der Waals surface area contributed by atoms with Crippen molar-refractivity contribution in [3.8, 4) is 5.75 Å². The van der Waals surface area contributed by atoms with E-state index >= 15 is 0 Å². The first-order chi connectivity index (χ1) is 14.0. The van der Waals surface area contributed by atoms with Crippen LogP contribution in [0.2, 0.25) is 0 Å². The normalized spacial score (nSPS) is 10.2. The number of para-hydroxylation sites is 3. The minimum atomic E-state index is -0.750. The van der Waals surface area contributed by atoms with E-state index in [-0.39, 0.29) is 35.8 Å². The first-order valence-electron chi connectivity index (χ1n) is 8.35. The average Bonchev–Trinajstić information content (AvgIpc) is 2.71. The molecule has 1 heterocycles. The second-order valence-electron chi connectivity index (χ2n) is 5.60. The number of nitrogens with two attached hydrogens (primary N) is 1. The molecular weight excluding hydrogens is 380 g/mol. The van der Waals surface area contributed by atoms with Gasteiger partial charge in [0.05, 0.1) is 4.92 Å². The summed E-state index contributed by atoms with van der Waals surface area (Å²) < 4.78 is 10.2. The minimum absolute atomic E-state index is 0.0341. The summed E-state index contributed by atoms with van der Waals surface area (Å²) in [4.78, 5) is 34.3. The van der Waals surface area contributed by atoms with Gasteiger partial charge in [-0.2, -0.15) is 15.0 Å². The highest BCUT2D eigenvalue weighted by molar-refractivity contribution is 5.71. The van der Waals surface area contributed by atoms with E-state index in [1.807, 2.05) is 30.3 Å². The van der Waals surface area contributed by atoms with Crippen LogP contribution in [0.15, 0.2) is 54.6 Å². The lowest BCUT2D eigenvalue weighted by Crippen LogP contribution is -2.17. The van der Waals surface area contributed by atoms with Gasteiger partial charge in [-0.25, -0.2) is 4.79 Å².